The molecule has 0 spiro atoms. The van der Waals surface area contributed by atoms with Crippen LogP contribution >= 0.6 is 31.9 Å². The topological polar surface area (TPSA) is 61.8 Å². The van der Waals surface area contributed by atoms with Crippen LogP contribution in [0.4, 0.5) is 5.69 Å². The molecule has 0 bridgehead atoms. The lowest BCUT2D eigenvalue weighted by Gasteiger charge is -2.22. The van der Waals surface area contributed by atoms with Crippen LogP contribution in [0.15, 0.2) is 56.6 Å². The van der Waals surface area contributed by atoms with E-state index in [0.717, 1.165) is 14.6 Å². The molecule has 0 atom stereocenters. The number of benzene rings is 2. The highest BCUT2D eigenvalue weighted by molar-refractivity contribution is 9.10. The zero-order chi connectivity index (χ0) is 15.4. The number of oxime groups is 1. The van der Waals surface area contributed by atoms with Gasteiger partial charge >= 0.3 is 0 Å². The molecule has 0 unspecified atom stereocenters. The molecule has 0 fully saturated rings. The second kappa shape index (κ2) is 6.95. The van der Waals surface area contributed by atoms with Gasteiger partial charge in [0.25, 0.3) is 0 Å². The van der Waals surface area contributed by atoms with Gasteiger partial charge in [-0.15, -0.1) is 0 Å². The molecule has 0 amide bonds. The average Bonchev–Trinajstić information content (AvgIpc) is 2.46. The summed E-state index contributed by atoms with van der Waals surface area (Å²) in [4.78, 5) is 2.06. The molecule has 0 aliphatic rings. The highest BCUT2D eigenvalue weighted by Gasteiger charge is 2.12. The van der Waals surface area contributed by atoms with Crippen LogP contribution in [0.25, 0.3) is 0 Å². The molecule has 0 aliphatic carbocycles. The summed E-state index contributed by atoms with van der Waals surface area (Å²) in [7, 11) is 1.97. The minimum Gasteiger partial charge on any atom is -0.409 e. The predicted octanol–water partition coefficient (Wildman–Crippen LogP) is 3.94. The third kappa shape index (κ3) is 3.98. The molecule has 110 valence electrons. The molecule has 2 aromatic carbocycles. The van der Waals surface area contributed by atoms with E-state index >= 15 is 0 Å². The van der Waals surface area contributed by atoms with E-state index in [1.54, 1.807) is 0 Å². The van der Waals surface area contributed by atoms with Gasteiger partial charge in [0.05, 0.1) is 0 Å². The van der Waals surface area contributed by atoms with Crippen molar-refractivity contribution in [3.63, 3.8) is 0 Å². The van der Waals surface area contributed by atoms with E-state index in [-0.39, 0.29) is 5.84 Å². The van der Waals surface area contributed by atoms with E-state index in [4.69, 9.17) is 10.9 Å². The quantitative estimate of drug-likeness (QED) is 0.346. The van der Waals surface area contributed by atoms with Crippen LogP contribution < -0.4 is 10.6 Å². The second-order valence-corrected chi connectivity index (χ2v) is 6.46. The number of amidine groups is 1. The van der Waals surface area contributed by atoms with Crippen molar-refractivity contribution < 1.29 is 5.21 Å². The van der Waals surface area contributed by atoms with Gasteiger partial charge in [0.2, 0.25) is 0 Å². The highest BCUT2D eigenvalue weighted by atomic mass is 79.9. The summed E-state index contributed by atoms with van der Waals surface area (Å²) in [6.45, 7) is 0.715. The van der Waals surface area contributed by atoms with Crippen LogP contribution in [0, 0.1) is 0 Å². The number of anilines is 1. The van der Waals surface area contributed by atoms with E-state index in [2.05, 4.69) is 54.0 Å². The second-order valence-electron chi connectivity index (χ2n) is 4.63. The van der Waals surface area contributed by atoms with Gasteiger partial charge in [0, 0.05) is 33.8 Å². The van der Waals surface area contributed by atoms with Crippen LogP contribution in [0.2, 0.25) is 0 Å². The third-order valence-electron chi connectivity index (χ3n) is 3.06. The molecule has 0 aliphatic heterocycles. The lowest BCUT2D eigenvalue weighted by Crippen LogP contribution is -2.22. The van der Waals surface area contributed by atoms with Crippen molar-refractivity contribution in [1.82, 2.24) is 0 Å². The number of nitrogens with zero attached hydrogens (tertiary/aromatic N) is 2. The standard InChI is InChI=1S/C15H15Br2N3O/c1-20(9-10-3-2-4-11(16)7-10)14-6-5-12(17)8-13(14)15(18)19-21/h2-8,21H,9H2,1H3,(H2,18,19). The fourth-order valence-corrected chi connectivity index (χ4v) is 2.90. The van der Waals surface area contributed by atoms with E-state index in [9.17, 15) is 0 Å². The van der Waals surface area contributed by atoms with E-state index in [1.807, 2.05) is 37.4 Å². The first-order chi connectivity index (χ1) is 10.0. The van der Waals surface area contributed by atoms with Crippen LogP contribution in [0.1, 0.15) is 11.1 Å². The summed E-state index contributed by atoms with van der Waals surface area (Å²) in [5.41, 5.74) is 8.51. The first kappa shape index (κ1) is 15.9. The summed E-state index contributed by atoms with van der Waals surface area (Å²) in [6, 6.07) is 13.8. The van der Waals surface area contributed by atoms with Gasteiger partial charge in [0.1, 0.15) is 0 Å². The fourth-order valence-electron chi connectivity index (χ4n) is 2.09. The Morgan fingerprint density at radius 3 is 2.57 bits per heavy atom. The van der Waals surface area contributed by atoms with Gasteiger partial charge in [-0.3, -0.25) is 0 Å². The van der Waals surface area contributed by atoms with Crippen molar-refractivity contribution in [2.24, 2.45) is 10.9 Å². The molecule has 3 N–H and O–H groups in total. The molecule has 0 radical (unpaired) electrons. The van der Waals surface area contributed by atoms with Gasteiger partial charge in [0.15, 0.2) is 5.84 Å². The van der Waals surface area contributed by atoms with E-state index in [0.29, 0.717) is 12.1 Å². The maximum atomic E-state index is 8.93. The number of halogens is 2. The Kier molecular flexibility index (Phi) is 5.25. The first-order valence-corrected chi connectivity index (χ1v) is 7.83. The predicted molar refractivity (Wildman–Crippen MR) is 92.9 cm³/mol. The Morgan fingerprint density at radius 2 is 1.90 bits per heavy atom. The van der Waals surface area contributed by atoms with Gasteiger partial charge in [-0.2, -0.15) is 0 Å². The Morgan fingerprint density at radius 1 is 1.19 bits per heavy atom. The average molecular weight is 413 g/mol. The lowest BCUT2D eigenvalue weighted by molar-refractivity contribution is 0.318. The Bertz CT molecular complexity index is 674. The lowest BCUT2D eigenvalue weighted by atomic mass is 10.1. The van der Waals surface area contributed by atoms with Crippen LogP contribution in [-0.2, 0) is 6.54 Å². The molecule has 0 heterocycles. The zero-order valence-electron chi connectivity index (χ0n) is 11.4. The molecule has 21 heavy (non-hydrogen) atoms. The molecule has 0 aromatic heterocycles. The summed E-state index contributed by atoms with van der Waals surface area (Å²) in [5, 5.41) is 12.0. The van der Waals surface area contributed by atoms with Crippen molar-refractivity contribution in [1.29, 1.82) is 0 Å². The van der Waals surface area contributed by atoms with Crippen molar-refractivity contribution in [2.75, 3.05) is 11.9 Å². The van der Waals surface area contributed by atoms with Gasteiger partial charge in [-0.25, -0.2) is 0 Å². The van der Waals surface area contributed by atoms with Crippen molar-refractivity contribution in [3.05, 3.63) is 62.5 Å². The molecular formula is C15H15Br2N3O. The van der Waals surface area contributed by atoms with Gasteiger partial charge < -0.3 is 15.8 Å². The summed E-state index contributed by atoms with van der Waals surface area (Å²) >= 11 is 6.87. The minimum atomic E-state index is 0.0902. The summed E-state index contributed by atoms with van der Waals surface area (Å²) in [6.07, 6.45) is 0. The van der Waals surface area contributed by atoms with Gasteiger partial charge in [-0.05, 0) is 35.9 Å². The summed E-state index contributed by atoms with van der Waals surface area (Å²) < 4.78 is 1.92. The molecule has 6 heteroatoms. The molecule has 0 saturated heterocycles. The smallest absolute Gasteiger partial charge is 0.172 e. The molecule has 2 rings (SSSR count). The minimum absolute atomic E-state index is 0.0902. The molecular weight excluding hydrogens is 398 g/mol. The third-order valence-corrected chi connectivity index (χ3v) is 4.05. The van der Waals surface area contributed by atoms with Crippen LogP contribution in [0.5, 0.6) is 0 Å². The van der Waals surface area contributed by atoms with E-state index < -0.39 is 0 Å². The Hall–Kier alpha value is -1.53. The number of hydrogen-bond acceptors (Lipinski definition) is 3. The maximum absolute atomic E-state index is 8.93. The number of hydrogen-bond donors (Lipinski definition) is 2. The fraction of sp³-hybridized carbons (Fsp3) is 0.133. The van der Waals surface area contributed by atoms with Crippen LogP contribution in [-0.4, -0.2) is 18.1 Å². The van der Waals surface area contributed by atoms with Crippen LogP contribution in [0.3, 0.4) is 0 Å². The van der Waals surface area contributed by atoms with Gasteiger partial charge in [-0.1, -0.05) is 49.1 Å². The molecule has 2 aromatic rings. The first-order valence-electron chi connectivity index (χ1n) is 6.24. The monoisotopic (exact) mass is 411 g/mol. The normalized spacial score (nSPS) is 11.5. The van der Waals surface area contributed by atoms with Crippen molar-refractivity contribution >= 4 is 43.4 Å². The Balaban J connectivity index is 2.33. The molecule has 0 saturated carbocycles. The number of rotatable bonds is 4. The van der Waals surface area contributed by atoms with Crippen molar-refractivity contribution in [3.8, 4) is 0 Å². The SMILES string of the molecule is CN(Cc1cccc(Br)c1)c1ccc(Br)cc1/C(N)=N/O. The Labute approximate surface area is 140 Å². The van der Waals surface area contributed by atoms with E-state index in [1.165, 1.54) is 5.56 Å². The number of nitrogens with two attached hydrogens (primary N) is 1. The molecule has 4 nitrogen and oxygen atoms in total. The highest BCUT2D eigenvalue weighted by Crippen LogP contribution is 2.25. The zero-order valence-corrected chi connectivity index (χ0v) is 14.6. The van der Waals surface area contributed by atoms with Crippen molar-refractivity contribution in [2.45, 2.75) is 6.54 Å². The largest absolute Gasteiger partial charge is 0.409 e. The maximum Gasteiger partial charge on any atom is 0.172 e. The summed E-state index contributed by atoms with van der Waals surface area (Å²) in [5.74, 6) is 0.0902.